The van der Waals surface area contributed by atoms with Gasteiger partial charge in [-0.15, -0.1) is 0 Å². The van der Waals surface area contributed by atoms with Crippen LogP contribution < -0.4 is 10.9 Å². The Morgan fingerprint density at radius 2 is 1.89 bits per heavy atom. The van der Waals surface area contributed by atoms with Gasteiger partial charge in [-0.25, -0.2) is 9.37 Å². The third-order valence-corrected chi connectivity index (χ3v) is 6.19. The van der Waals surface area contributed by atoms with Crippen molar-refractivity contribution in [2.75, 3.05) is 11.1 Å². The first-order chi connectivity index (χ1) is 16.9. The number of aromatic nitrogens is 3. The molecule has 11 heteroatoms. The van der Waals surface area contributed by atoms with Crippen LogP contribution in [0.5, 0.6) is 0 Å². The number of amides is 1. The molecule has 9 nitrogen and oxygen atoms in total. The van der Waals surface area contributed by atoms with Gasteiger partial charge >= 0.3 is 0 Å². The lowest BCUT2D eigenvalue weighted by atomic mass is 10.2. The van der Waals surface area contributed by atoms with E-state index in [2.05, 4.69) is 15.3 Å². The number of hydrogen-bond acceptors (Lipinski definition) is 6. The highest BCUT2D eigenvalue weighted by atomic mass is 32.2. The Bertz CT molecular complexity index is 1660. The molecule has 0 bridgehead atoms. The highest BCUT2D eigenvalue weighted by Gasteiger charge is 2.19. The molecule has 2 heterocycles. The van der Waals surface area contributed by atoms with Gasteiger partial charge in [-0.1, -0.05) is 36.0 Å². The van der Waals surface area contributed by atoms with Crippen LogP contribution in [-0.2, 0) is 4.79 Å². The number of nitrogens with one attached hydrogen (secondary N) is 2. The summed E-state index contributed by atoms with van der Waals surface area (Å²) in [5.74, 6) is -0.998. The SMILES string of the molecule is O=C(CSc1nc2c([nH]c3ccccc32)c(=O)n1-c1ccc([N+](=O)[O-])cc1)Nc1cccc(F)c1. The van der Waals surface area contributed by atoms with Crippen molar-refractivity contribution in [3.63, 3.8) is 0 Å². The molecule has 174 valence electrons. The molecule has 0 aliphatic carbocycles. The van der Waals surface area contributed by atoms with Crippen LogP contribution in [-0.4, -0.2) is 31.1 Å². The number of rotatable bonds is 6. The second-order valence-electron chi connectivity index (χ2n) is 7.55. The fourth-order valence-corrected chi connectivity index (χ4v) is 4.49. The maximum atomic E-state index is 13.5. The van der Waals surface area contributed by atoms with E-state index in [9.17, 15) is 24.1 Å². The predicted octanol–water partition coefficient (Wildman–Crippen LogP) is 4.65. The topological polar surface area (TPSA) is 123 Å². The van der Waals surface area contributed by atoms with Crippen LogP contribution in [0.15, 0.2) is 82.7 Å². The molecule has 0 aliphatic rings. The Morgan fingerprint density at radius 1 is 1.11 bits per heavy atom. The summed E-state index contributed by atoms with van der Waals surface area (Å²) in [6, 6.07) is 18.3. The van der Waals surface area contributed by atoms with E-state index in [0.717, 1.165) is 22.7 Å². The highest BCUT2D eigenvalue weighted by Crippen LogP contribution is 2.27. The van der Waals surface area contributed by atoms with Gasteiger partial charge in [0.25, 0.3) is 11.2 Å². The fraction of sp³-hybridized carbons (Fsp3) is 0.0417. The third-order valence-electron chi connectivity index (χ3n) is 5.25. The lowest BCUT2D eigenvalue weighted by molar-refractivity contribution is -0.384. The van der Waals surface area contributed by atoms with Gasteiger partial charge in [0, 0.05) is 28.7 Å². The molecular weight excluding hydrogens is 473 g/mol. The van der Waals surface area contributed by atoms with Crippen LogP contribution >= 0.6 is 11.8 Å². The zero-order valence-corrected chi connectivity index (χ0v) is 18.7. The quantitative estimate of drug-likeness (QED) is 0.155. The van der Waals surface area contributed by atoms with E-state index in [4.69, 9.17) is 0 Å². The molecule has 2 N–H and O–H groups in total. The summed E-state index contributed by atoms with van der Waals surface area (Å²) < 4.78 is 14.7. The number of aromatic amines is 1. The first kappa shape index (κ1) is 22.3. The number of halogens is 1. The molecular formula is C24H16FN5O4S. The lowest BCUT2D eigenvalue weighted by Crippen LogP contribution is -2.23. The second-order valence-corrected chi connectivity index (χ2v) is 8.49. The number of carbonyl (C=O) groups is 1. The molecule has 0 saturated carbocycles. The minimum atomic E-state index is -0.530. The van der Waals surface area contributed by atoms with Crippen LogP contribution in [0, 0.1) is 15.9 Å². The summed E-state index contributed by atoms with van der Waals surface area (Å²) in [6.07, 6.45) is 0. The van der Waals surface area contributed by atoms with Crippen LogP contribution in [0.1, 0.15) is 0 Å². The number of carbonyl (C=O) groups excluding carboxylic acids is 1. The monoisotopic (exact) mass is 489 g/mol. The molecule has 0 spiro atoms. The highest BCUT2D eigenvalue weighted by molar-refractivity contribution is 7.99. The summed E-state index contributed by atoms with van der Waals surface area (Å²) in [5.41, 5.74) is 1.60. The average molecular weight is 489 g/mol. The van der Waals surface area contributed by atoms with Crippen molar-refractivity contribution in [2.24, 2.45) is 0 Å². The summed E-state index contributed by atoms with van der Waals surface area (Å²) in [7, 11) is 0. The number of H-pyrrole nitrogens is 1. The normalized spacial score (nSPS) is 11.1. The minimum Gasteiger partial charge on any atom is -0.349 e. The van der Waals surface area contributed by atoms with Crippen LogP contribution in [0.2, 0.25) is 0 Å². The van der Waals surface area contributed by atoms with Gasteiger partial charge in [0.05, 0.1) is 16.4 Å². The van der Waals surface area contributed by atoms with Crippen LogP contribution in [0.4, 0.5) is 15.8 Å². The van der Waals surface area contributed by atoms with E-state index in [1.165, 1.54) is 47.0 Å². The number of non-ortho nitro benzene ring substituents is 1. The number of fused-ring (bicyclic) bond motifs is 3. The van der Waals surface area contributed by atoms with E-state index in [1.54, 1.807) is 6.07 Å². The number of hydrogen-bond donors (Lipinski definition) is 2. The Labute approximate surface area is 200 Å². The maximum absolute atomic E-state index is 13.5. The molecule has 0 aliphatic heterocycles. The second kappa shape index (κ2) is 9.03. The molecule has 3 aromatic carbocycles. The fourth-order valence-electron chi connectivity index (χ4n) is 3.68. The molecule has 0 fully saturated rings. The molecule has 0 radical (unpaired) electrons. The van der Waals surface area contributed by atoms with Crippen molar-refractivity contribution >= 4 is 51.0 Å². The Morgan fingerprint density at radius 3 is 2.63 bits per heavy atom. The van der Waals surface area contributed by atoms with Crippen molar-refractivity contribution < 1.29 is 14.1 Å². The van der Waals surface area contributed by atoms with Crippen LogP contribution in [0.25, 0.3) is 27.6 Å². The van der Waals surface area contributed by atoms with Crippen molar-refractivity contribution in [1.29, 1.82) is 0 Å². The van der Waals surface area contributed by atoms with Gasteiger partial charge < -0.3 is 10.3 Å². The van der Waals surface area contributed by atoms with Gasteiger partial charge in [0.1, 0.15) is 16.9 Å². The number of nitro benzene ring substituents is 1. The van der Waals surface area contributed by atoms with Gasteiger partial charge in [-0.05, 0) is 36.4 Å². The van der Waals surface area contributed by atoms with Crippen molar-refractivity contribution in [3.8, 4) is 5.69 Å². The summed E-state index contributed by atoms with van der Waals surface area (Å²) in [4.78, 5) is 44.3. The number of para-hydroxylation sites is 1. The number of nitrogens with zero attached hydrogens (tertiary/aromatic N) is 3. The van der Waals surface area contributed by atoms with Gasteiger partial charge in [-0.2, -0.15) is 0 Å². The summed E-state index contributed by atoms with van der Waals surface area (Å²) in [6.45, 7) is 0. The first-order valence-electron chi connectivity index (χ1n) is 10.4. The van der Waals surface area contributed by atoms with E-state index in [1.807, 2.05) is 24.3 Å². The first-order valence-corrected chi connectivity index (χ1v) is 11.4. The number of thioether (sulfide) groups is 1. The van der Waals surface area contributed by atoms with E-state index < -0.39 is 22.2 Å². The molecule has 5 aromatic rings. The number of benzene rings is 3. The smallest absolute Gasteiger partial charge is 0.283 e. The molecule has 5 rings (SSSR count). The minimum absolute atomic E-state index is 0.107. The third kappa shape index (κ3) is 4.36. The Kier molecular flexibility index (Phi) is 5.75. The van der Waals surface area contributed by atoms with Gasteiger partial charge in [0.15, 0.2) is 5.16 Å². The van der Waals surface area contributed by atoms with Crippen molar-refractivity contribution in [3.05, 3.63) is 99.1 Å². The van der Waals surface area contributed by atoms with Crippen molar-refractivity contribution in [1.82, 2.24) is 14.5 Å². The van der Waals surface area contributed by atoms with Crippen LogP contribution in [0.3, 0.4) is 0 Å². The standard InChI is InChI=1S/C24H16FN5O4S/c25-14-4-3-5-15(12-14)26-20(31)13-35-24-28-21-18-6-1-2-7-19(18)27-22(21)23(32)29(24)16-8-10-17(11-9-16)30(33)34/h1-12,27H,13H2,(H,26,31). The number of anilines is 1. The molecule has 0 atom stereocenters. The Hall–Kier alpha value is -4.51. The lowest BCUT2D eigenvalue weighted by Gasteiger charge is -2.12. The summed E-state index contributed by atoms with van der Waals surface area (Å²) >= 11 is 1.02. The molecule has 0 unspecified atom stereocenters. The van der Waals surface area contributed by atoms with Gasteiger partial charge in [0.2, 0.25) is 5.91 Å². The zero-order valence-electron chi connectivity index (χ0n) is 17.9. The molecule has 2 aromatic heterocycles. The largest absolute Gasteiger partial charge is 0.349 e. The van der Waals surface area contributed by atoms with E-state index in [-0.39, 0.29) is 22.1 Å². The molecule has 0 saturated heterocycles. The molecule has 1 amide bonds. The van der Waals surface area contributed by atoms with E-state index in [0.29, 0.717) is 16.9 Å². The van der Waals surface area contributed by atoms with Gasteiger partial charge in [-0.3, -0.25) is 24.3 Å². The number of nitro groups is 1. The molecule has 35 heavy (non-hydrogen) atoms. The predicted molar refractivity (Wildman–Crippen MR) is 132 cm³/mol. The Balaban J connectivity index is 1.56. The zero-order chi connectivity index (χ0) is 24.5. The maximum Gasteiger partial charge on any atom is 0.283 e. The average Bonchev–Trinajstić information content (AvgIpc) is 3.22. The van der Waals surface area contributed by atoms with E-state index >= 15 is 0 Å². The van der Waals surface area contributed by atoms with Crippen molar-refractivity contribution in [2.45, 2.75) is 5.16 Å². The summed E-state index contributed by atoms with van der Waals surface area (Å²) in [5, 5.41) is 14.6.